The van der Waals surface area contributed by atoms with Crippen LogP contribution in [0.5, 0.6) is 0 Å². The van der Waals surface area contributed by atoms with Crippen molar-refractivity contribution < 1.29 is 18.7 Å². The minimum atomic E-state index is -0.309. The number of aryl methyl sites for hydroxylation is 1. The van der Waals surface area contributed by atoms with Crippen LogP contribution in [0.25, 0.3) is 0 Å². The lowest BCUT2D eigenvalue weighted by molar-refractivity contribution is -0.124. The summed E-state index contributed by atoms with van der Waals surface area (Å²) in [6.45, 7) is 3.44. The van der Waals surface area contributed by atoms with Crippen molar-refractivity contribution in [3.05, 3.63) is 40.2 Å². The van der Waals surface area contributed by atoms with Crippen molar-refractivity contribution in [1.29, 1.82) is 0 Å². The highest BCUT2D eigenvalue weighted by Gasteiger charge is 2.31. The van der Waals surface area contributed by atoms with Gasteiger partial charge in [-0.3, -0.25) is 9.59 Å². The molecule has 2 atom stereocenters. The fourth-order valence-electron chi connectivity index (χ4n) is 2.76. The van der Waals surface area contributed by atoms with Gasteiger partial charge in [0, 0.05) is 18.0 Å². The van der Waals surface area contributed by atoms with E-state index in [0.29, 0.717) is 26.1 Å². The van der Waals surface area contributed by atoms with E-state index in [1.54, 1.807) is 11.3 Å². The normalized spacial score (nSPS) is 19.7. The zero-order valence-electron chi connectivity index (χ0n) is 14.0. The van der Waals surface area contributed by atoms with Gasteiger partial charge in [-0.05, 0) is 36.8 Å². The zero-order chi connectivity index (χ0) is 17.6. The number of nitrogens with zero attached hydrogens (tertiary/aromatic N) is 1. The number of carbonyl (C=O) groups is 2. The second-order valence-corrected chi connectivity index (χ2v) is 7.04. The molecule has 2 aromatic rings. The highest BCUT2D eigenvalue weighted by Crippen LogP contribution is 2.20. The molecule has 7 nitrogen and oxygen atoms in total. The molecule has 1 aliphatic rings. The molecule has 2 amide bonds. The first kappa shape index (κ1) is 17.6. The van der Waals surface area contributed by atoms with E-state index >= 15 is 0 Å². The second-order valence-electron chi connectivity index (χ2n) is 6.04. The topological polar surface area (TPSA) is 93.5 Å². The van der Waals surface area contributed by atoms with Gasteiger partial charge in [-0.15, -0.1) is 11.3 Å². The Labute approximate surface area is 149 Å². The van der Waals surface area contributed by atoms with Crippen LogP contribution in [0.1, 0.15) is 27.3 Å². The third-order valence-electron chi connectivity index (χ3n) is 4.23. The van der Waals surface area contributed by atoms with Crippen molar-refractivity contribution in [3.8, 4) is 0 Å². The summed E-state index contributed by atoms with van der Waals surface area (Å²) in [5.41, 5.74) is 1.50. The van der Waals surface area contributed by atoms with Gasteiger partial charge in [0.05, 0.1) is 18.6 Å². The van der Waals surface area contributed by atoms with Gasteiger partial charge < -0.3 is 19.8 Å². The van der Waals surface area contributed by atoms with Gasteiger partial charge >= 0.3 is 0 Å². The van der Waals surface area contributed by atoms with Gasteiger partial charge in [0.1, 0.15) is 6.26 Å². The van der Waals surface area contributed by atoms with Crippen molar-refractivity contribution in [3.63, 3.8) is 0 Å². The summed E-state index contributed by atoms with van der Waals surface area (Å²) in [5, 5.41) is 7.78. The Hall–Kier alpha value is -2.19. The zero-order valence-corrected chi connectivity index (χ0v) is 14.8. The van der Waals surface area contributed by atoms with Crippen molar-refractivity contribution in [1.82, 2.24) is 15.6 Å². The number of thiophene rings is 1. The van der Waals surface area contributed by atoms with Gasteiger partial charge in [0.2, 0.25) is 5.91 Å². The van der Waals surface area contributed by atoms with Crippen LogP contribution >= 0.6 is 11.3 Å². The third-order valence-corrected chi connectivity index (χ3v) is 5.31. The smallest absolute Gasteiger partial charge is 0.273 e. The molecule has 0 aromatic carbocycles. The van der Waals surface area contributed by atoms with Crippen molar-refractivity contribution in [2.75, 3.05) is 19.7 Å². The Morgan fingerprint density at radius 3 is 3.00 bits per heavy atom. The molecule has 8 heteroatoms. The molecule has 3 rings (SSSR count). The average Bonchev–Trinajstić information content (AvgIpc) is 3.35. The highest BCUT2D eigenvalue weighted by molar-refractivity contribution is 7.10. The minimum absolute atomic E-state index is 0.0135. The molecule has 1 saturated heterocycles. The summed E-state index contributed by atoms with van der Waals surface area (Å²) >= 11 is 1.71. The Morgan fingerprint density at radius 2 is 2.28 bits per heavy atom. The van der Waals surface area contributed by atoms with Crippen molar-refractivity contribution in [2.24, 2.45) is 5.92 Å². The molecular weight excluding hydrogens is 342 g/mol. The van der Waals surface area contributed by atoms with Crippen LogP contribution in [0, 0.1) is 12.8 Å². The first-order valence-electron chi connectivity index (χ1n) is 8.22. The summed E-state index contributed by atoms with van der Waals surface area (Å²) < 4.78 is 10.4. The fourth-order valence-corrected chi connectivity index (χ4v) is 3.67. The molecule has 0 radical (unpaired) electrons. The molecule has 2 aromatic heterocycles. The predicted molar refractivity (Wildman–Crippen MR) is 92.5 cm³/mol. The van der Waals surface area contributed by atoms with Gasteiger partial charge in [0.25, 0.3) is 5.91 Å². The minimum Gasteiger partial charge on any atom is -0.451 e. The number of ether oxygens (including phenoxy) is 1. The van der Waals surface area contributed by atoms with E-state index in [4.69, 9.17) is 9.15 Å². The molecule has 0 saturated carbocycles. The summed E-state index contributed by atoms with van der Waals surface area (Å²) in [4.78, 5) is 29.1. The molecule has 1 fully saturated rings. The quantitative estimate of drug-likeness (QED) is 0.778. The van der Waals surface area contributed by atoms with Crippen LogP contribution in [0.4, 0.5) is 0 Å². The molecule has 1 aliphatic heterocycles. The lowest BCUT2D eigenvalue weighted by Crippen LogP contribution is -2.34. The Balaban J connectivity index is 1.36. The van der Waals surface area contributed by atoms with Gasteiger partial charge in [-0.1, -0.05) is 0 Å². The molecular formula is C17H21N3O4S. The predicted octanol–water partition coefficient (Wildman–Crippen LogP) is 1.54. The molecule has 2 N–H and O–H groups in total. The number of amides is 2. The maximum absolute atomic E-state index is 12.2. The maximum atomic E-state index is 12.2. The molecule has 25 heavy (non-hydrogen) atoms. The van der Waals surface area contributed by atoms with E-state index in [-0.39, 0.29) is 29.5 Å². The third kappa shape index (κ3) is 4.67. The highest BCUT2D eigenvalue weighted by atomic mass is 32.1. The Morgan fingerprint density at radius 1 is 1.40 bits per heavy atom. The molecule has 0 unspecified atom stereocenters. The van der Waals surface area contributed by atoms with Crippen LogP contribution in [0.3, 0.4) is 0 Å². The van der Waals surface area contributed by atoms with E-state index in [0.717, 1.165) is 6.42 Å². The van der Waals surface area contributed by atoms with Crippen molar-refractivity contribution in [2.45, 2.75) is 25.9 Å². The Bertz CT molecular complexity index is 713. The Kier molecular flexibility index (Phi) is 5.83. The lowest BCUT2D eigenvalue weighted by atomic mass is 10.0. The standard InChI is InChI=1S/C17H21N3O4S/c1-11-3-5-25-15(11)2-4-18-16(21)12-6-13(24-8-12)7-19-17(22)14-9-23-10-20-14/h3,5,9-10,12-13H,2,4,6-8H2,1H3,(H,18,21)(H,19,22)/t12-,13-/m0/s1. The largest absolute Gasteiger partial charge is 0.451 e. The SMILES string of the molecule is Cc1ccsc1CCNC(=O)[C@@H]1CO[C@H](CNC(=O)c2cocn2)C1. The van der Waals surface area contributed by atoms with Gasteiger partial charge in [0.15, 0.2) is 12.1 Å². The van der Waals surface area contributed by atoms with Crippen LogP contribution in [0.15, 0.2) is 28.5 Å². The summed E-state index contributed by atoms with van der Waals surface area (Å²) in [6.07, 6.45) is 3.78. The van der Waals surface area contributed by atoms with E-state index in [1.807, 2.05) is 0 Å². The van der Waals surface area contributed by atoms with Crippen LogP contribution in [0.2, 0.25) is 0 Å². The van der Waals surface area contributed by atoms with Crippen LogP contribution < -0.4 is 10.6 Å². The molecule has 0 spiro atoms. The van der Waals surface area contributed by atoms with Gasteiger partial charge in [-0.25, -0.2) is 4.98 Å². The lowest BCUT2D eigenvalue weighted by Gasteiger charge is -2.11. The van der Waals surface area contributed by atoms with Gasteiger partial charge in [-0.2, -0.15) is 0 Å². The number of hydrogen-bond acceptors (Lipinski definition) is 6. The van der Waals surface area contributed by atoms with Crippen LogP contribution in [-0.2, 0) is 16.0 Å². The molecule has 134 valence electrons. The first-order chi connectivity index (χ1) is 12.1. The first-order valence-corrected chi connectivity index (χ1v) is 9.10. The fraction of sp³-hybridized carbons (Fsp3) is 0.471. The summed E-state index contributed by atoms with van der Waals surface area (Å²) in [6, 6.07) is 2.09. The second kappa shape index (κ2) is 8.26. The monoisotopic (exact) mass is 363 g/mol. The summed E-state index contributed by atoms with van der Waals surface area (Å²) in [7, 11) is 0. The average molecular weight is 363 g/mol. The molecule has 0 aliphatic carbocycles. The van der Waals surface area contributed by atoms with Crippen molar-refractivity contribution >= 4 is 23.2 Å². The number of rotatable bonds is 7. The maximum Gasteiger partial charge on any atom is 0.273 e. The number of aromatic nitrogens is 1. The van der Waals surface area contributed by atoms with E-state index in [9.17, 15) is 9.59 Å². The van der Waals surface area contributed by atoms with E-state index < -0.39 is 0 Å². The number of carbonyl (C=O) groups excluding carboxylic acids is 2. The van der Waals surface area contributed by atoms with E-state index in [2.05, 4.69) is 34.0 Å². The van der Waals surface area contributed by atoms with Crippen LogP contribution in [-0.4, -0.2) is 42.6 Å². The van der Waals surface area contributed by atoms with E-state index in [1.165, 1.54) is 23.1 Å². The molecule has 3 heterocycles. The molecule has 0 bridgehead atoms. The number of hydrogen-bond donors (Lipinski definition) is 2. The summed E-state index contributed by atoms with van der Waals surface area (Å²) in [5.74, 6) is -0.463. The number of oxazole rings is 1. The number of nitrogens with one attached hydrogen (secondary N) is 2.